The van der Waals surface area contributed by atoms with Gasteiger partial charge in [-0.05, 0) is 61.2 Å². The lowest BCUT2D eigenvalue weighted by Gasteiger charge is -2.27. The summed E-state index contributed by atoms with van der Waals surface area (Å²) in [5.41, 5.74) is 1.69. The number of nitrogens with zero attached hydrogens (tertiary/aromatic N) is 2. The second-order valence-electron chi connectivity index (χ2n) is 5.98. The van der Waals surface area contributed by atoms with Crippen molar-refractivity contribution in [1.82, 2.24) is 10.3 Å². The van der Waals surface area contributed by atoms with Crippen LogP contribution in [0.25, 0.3) is 0 Å². The largest absolute Gasteiger partial charge is 0.497 e. The molecule has 5 nitrogen and oxygen atoms in total. The second kappa shape index (κ2) is 7.81. The SMILES string of the molecule is COc1ccc(C(=O)NCc2ccnc(N3CCCCC3)c2)cc1. The molecule has 0 radical (unpaired) electrons. The molecule has 1 amide bonds. The minimum absolute atomic E-state index is 0.0889. The van der Waals surface area contributed by atoms with E-state index in [1.807, 2.05) is 12.3 Å². The van der Waals surface area contributed by atoms with E-state index < -0.39 is 0 Å². The number of anilines is 1. The van der Waals surface area contributed by atoms with Crippen LogP contribution in [0.4, 0.5) is 5.82 Å². The highest BCUT2D eigenvalue weighted by Gasteiger charge is 2.12. The van der Waals surface area contributed by atoms with E-state index in [2.05, 4.69) is 21.3 Å². The molecule has 1 fully saturated rings. The number of methoxy groups -OCH3 is 1. The van der Waals surface area contributed by atoms with Crippen molar-refractivity contribution in [2.45, 2.75) is 25.8 Å². The topological polar surface area (TPSA) is 54.5 Å². The first kappa shape index (κ1) is 16.3. The van der Waals surface area contributed by atoms with Gasteiger partial charge in [-0.2, -0.15) is 0 Å². The van der Waals surface area contributed by atoms with Gasteiger partial charge in [-0.3, -0.25) is 4.79 Å². The first-order chi connectivity index (χ1) is 11.8. The Morgan fingerprint density at radius 2 is 1.92 bits per heavy atom. The van der Waals surface area contributed by atoms with Crippen LogP contribution in [0.3, 0.4) is 0 Å². The molecule has 1 N–H and O–H groups in total. The summed E-state index contributed by atoms with van der Waals surface area (Å²) < 4.78 is 5.11. The van der Waals surface area contributed by atoms with E-state index >= 15 is 0 Å². The summed E-state index contributed by atoms with van der Waals surface area (Å²) in [5.74, 6) is 1.66. The number of amides is 1. The lowest BCUT2D eigenvalue weighted by Crippen LogP contribution is -2.30. The van der Waals surface area contributed by atoms with Gasteiger partial charge >= 0.3 is 0 Å². The standard InChI is InChI=1S/C19H23N3O2/c1-24-17-7-5-16(6-8-17)19(23)21-14-15-9-10-20-18(13-15)22-11-3-2-4-12-22/h5-10,13H,2-4,11-12,14H2,1H3,(H,21,23). The Bertz CT molecular complexity index is 679. The van der Waals surface area contributed by atoms with E-state index in [0.29, 0.717) is 12.1 Å². The fraction of sp³-hybridized carbons (Fsp3) is 0.368. The van der Waals surface area contributed by atoms with Gasteiger partial charge in [-0.15, -0.1) is 0 Å². The first-order valence-electron chi connectivity index (χ1n) is 8.38. The monoisotopic (exact) mass is 325 g/mol. The van der Waals surface area contributed by atoms with Gasteiger partial charge in [0, 0.05) is 31.4 Å². The van der Waals surface area contributed by atoms with Gasteiger partial charge in [0.2, 0.25) is 0 Å². The number of rotatable bonds is 5. The molecule has 2 heterocycles. The minimum Gasteiger partial charge on any atom is -0.497 e. The Kier molecular flexibility index (Phi) is 5.31. The van der Waals surface area contributed by atoms with Crippen molar-refractivity contribution in [2.75, 3.05) is 25.1 Å². The molecule has 1 aliphatic rings. The maximum atomic E-state index is 12.2. The molecule has 0 atom stereocenters. The number of hydrogen-bond acceptors (Lipinski definition) is 4. The van der Waals surface area contributed by atoms with Crippen LogP contribution >= 0.6 is 0 Å². The molecule has 2 aromatic rings. The second-order valence-corrected chi connectivity index (χ2v) is 5.98. The highest BCUT2D eigenvalue weighted by atomic mass is 16.5. The maximum Gasteiger partial charge on any atom is 0.251 e. The molecule has 1 aromatic heterocycles. The summed E-state index contributed by atoms with van der Waals surface area (Å²) in [4.78, 5) is 19.0. The number of pyridine rings is 1. The molecule has 1 saturated heterocycles. The van der Waals surface area contributed by atoms with Crippen molar-refractivity contribution in [3.8, 4) is 5.75 Å². The van der Waals surface area contributed by atoms with Gasteiger partial charge in [0.15, 0.2) is 0 Å². The van der Waals surface area contributed by atoms with Gasteiger partial charge in [-0.1, -0.05) is 0 Å². The van der Waals surface area contributed by atoms with Crippen LogP contribution in [0.15, 0.2) is 42.6 Å². The van der Waals surface area contributed by atoms with Crippen molar-refractivity contribution in [3.05, 3.63) is 53.7 Å². The molecule has 0 saturated carbocycles. The molecule has 0 unspecified atom stereocenters. The van der Waals surface area contributed by atoms with E-state index in [9.17, 15) is 4.79 Å². The summed E-state index contributed by atoms with van der Waals surface area (Å²) in [6, 6.07) is 11.1. The highest BCUT2D eigenvalue weighted by Crippen LogP contribution is 2.18. The number of nitrogens with one attached hydrogen (secondary N) is 1. The van der Waals surface area contributed by atoms with E-state index in [0.717, 1.165) is 30.2 Å². The zero-order valence-electron chi connectivity index (χ0n) is 14.0. The normalized spacial score (nSPS) is 14.3. The number of benzene rings is 1. The predicted octanol–water partition coefficient (Wildman–Crippen LogP) is 3.01. The Morgan fingerprint density at radius 1 is 1.17 bits per heavy atom. The van der Waals surface area contributed by atoms with Crippen LogP contribution in [0.2, 0.25) is 0 Å². The van der Waals surface area contributed by atoms with E-state index in [1.54, 1.807) is 31.4 Å². The first-order valence-corrected chi connectivity index (χ1v) is 8.38. The van der Waals surface area contributed by atoms with Gasteiger partial charge in [0.1, 0.15) is 11.6 Å². The van der Waals surface area contributed by atoms with Gasteiger partial charge in [-0.25, -0.2) is 4.98 Å². The molecule has 5 heteroatoms. The average molecular weight is 325 g/mol. The van der Waals surface area contributed by atoms with E-state index in [4.69, 9.17) is 4.74 Å². The number of piperidine rings is 1. The lowest BCUT2D eigenvalue weighted by atomic mass is 10.1. The molecule has 126 valence electrons. The third-order valence-electron chi connectivity index (χ3n) is 4.30. The van der Waals surface area contributed by atoms with Crippen molar-refractivity contribution in [2.24, 2.45) is 0 Å². The van der Waals surface area contributed by atoms with Gasteiger partial charge in [0.05, 0.1) is 7.11 Å². The summed E-state index contributed by atoms with van der Waals surface area (Å²) in [6.07, 6.45) is 5.56. The molecule has 24 heavy (non-hydrogen) atoms. The fourth-order valence-electron chi connectivity index (χ4n) is 2.89. The van der Waals surface area contributed by atoms with E-state index in [-0.39, 0.29) is 5.91 Å². The van der Waals surface area contributed by atoms with Crippen LogP contribution in [0.1, 0.15) is 35.2 Å². The number of carbonyl (C=O) groups is 1. The predicted molar refractivity (Wildman–Crippen MR) is 94.5 cm³/mol. The van der Waals surface area contributed by atoms with Crippen LogP contribution in [-0.4, -0.2) is 31.1 Å². The van der Waals surface area contributed by atoms with Gasteiger partial charge < -0.3 is 15.0 Å². The Morgan fingerprint density at radius 3 is 2.62 bits per heavy atom. The minimum atomic E-state index is -0.0889. The number of hydrogen-bond donors (Lipinski definition) is 1. The molecule has 3 rings (SSSR count). The number of aromatic nitrogens is 1. The Hall–Kier alpha value is -2.56. The lowest BCUT2D eigenvalue weighted by molar-refractivity contribution is 0.0951. The number of carbonyl (C=O) groups excluding carboxylic acids is 1. The van der Waals surface area contributed by atoms with Gasteiger partial charge in [0.25, 0.3) is 5.91 Å². The summed E-state index contributed by atoms with van der Waals surface area (Å²) in [5, 5.41) is 2.96. The van der Waals surface area contributed by atoms with Crippen LogP contribution in [0, 0.1) is 0 Å². The van der Waals surface area contributed by atoms with Crippen LogP contribution in [0.5, 0.6) is 5.75 Å². The molecule has 1 aliphatic heterocycles. The molecule has 0 aliphatic carbocycles. The summed E-state index contributed by atoms with van der Waals surface area (Å²) in [6.45, 7) is 2.62. The smallest absolute Gasteiger partial charge is 0.251 e. The molecule has 1 aromatic carbocycles. The van der Waals surface area contributed by atoms with Crippen LogP contribution in [-0.2, 0) is 6.54 Å². The molecule has 0 spiro atoms. The number of ether oxygens (including phenoxy) is 1. The molecule has 0 bridgehead atoms. The van der Waals surface area contributed by atoms with Crippen LogP contribution < -0.4 is 15.0 Å². The molecular formula is C19H23N3O2. The average Bonchev–Trinajstić information content (AvgIpc) is 2.67. The summed E-state index contributed by atoms with van der Waals surface area (Å²) >= 11 is 0. The fourth-order valence-corrected chi connectivity index (χ4v) is 2.89. The highest BCUT2D eigenvalue weighted by molar-refractivity contribution is 5.94. The van der Waals surface area contributed by atoms with Crippen molar-refractivity contribution < 1.29 is 9.53 Å². The Labute approximate surface area is 142 Å². The third kappa shape index (κ3) is 4.04. The zero-order valence-corrected chi connectivity index (χ0v) is 14.0. The van der Waals surface area contributed by atoms with Crippen molar-refractivity contribution in [3.63, 3.8) is 0 Å². The molecular weight excluding hydrogens is 302 g/mol. The van der Waals surface area contributed by atoms with Crippen molar-refractivity contribution in [1.29, 1.82) is 0 Å². The zero-order chi connectivity index (χ0) is 16.8. The van der Waals surface area contributed by atoms with Crippen molar-refractivity contribution >= 4 is 11.7 Å². The van der Waals surface area contributed by atoms with E-state index in [1.165, 1.54) is 19.3 Å². The summed E-state index contributed by atoms with van der Waals surface area (Å²) in [7, 11) is 1.61. The quantitative estimate of drug-likeness (QED) is 0.918. The Balaban J connectivity index is 1.60. The third-order valence-corrected chi connectivity index (χ3v) is 4.30. The maximum absolute atomic E-state index is 12.2.